The molecule has 0 saturated carbocycles. The summed E-state index contributed by atoms with van der Waals surface area (Å²) in [4.78, 5) is 10.6. The highest BCUT2D eigenvalue weighted by Gasteiger charge is 2.08. The van der Waals surface area contributed by atoms with Gasteiger partial charge in [0.25, 0.3) is 0 Å². The number of para-hydroxylation sites is 1. The second-order valence-electron chi connectivity index (χ2n) is 3.85. The Morgan fingerprint density at radius 1 is 1.38 bits per heavy atom. The van der Waals surface area contributed by atoms with Gasteiger partial charge < -0.3 is 9.67 Å². The third kappa shape index (κ3) is 1.94. The van der Waals surface area contributed by atoms with Crippen LogP contribution in [0.5, 0.6) is 0 Å². The molecule has 16 heavy (non-hydrogen) atoms. The molecule has 1 heterocycles. The van der Waals surface area contributed by atoms with Gasteiger partial charge in [-0.15, -0.1) is 0 Å². The fourth-order valence-corrected chi connectivity index (χ4v) is 2.03. The fraction of sp³-hybridized carbons (Fsp3) is 0.308. The first-order chi connectivity index (χ1) is 7.72. The fourth-order valence-electron chi connectivity index (χ4n) is 2.03. The number of carbonyl (C=O) groups is 1. The lowest BCUT2D eigenvalue weighted by Crippen LogP contribution is -1.97. The van der Waals surface area contributed by atoms with Gasteiger partial charge in [0.05, 0.1) is 0 Å². The van der Waals surface area contributed by atoms with Crippen molar-refractivity contribution in [3.8, 4) is 0 Å². The standard InChI is InChI=1S/C13H15NO2/c1-2-14-9-10(7-8-13(15)16)11-5-3-4-6-12(11)14/h3-6,9H,2,7-8H2,1H3,(H,15,16). The number of fused-ring (bicyclic) bond motifs is 1. The maximum absolute atomic E-state index is 10.6. The minimum atomic E-state index is -0.742. The molecule has 0 aliphatic heterocycles. The molecular weight excluding hydrogens is 202 g/mol. The SMILES string of the molecule is CCn1cc(CCC(=O)O)c2ccccc21. The zero-order valence-corrected chi connectivity index (χ0v) is 9.31. The van der Waals surface area contributed by atoms with Crippen molar-refractivity contribution in [2.45, 2.75) is 26.3 Å². The molecule has 0 aliphatic rings. The Balaban J connectivity index is 2.41. The number of nitrogens with zero attached hydrogens (tertiary/aromatic N) is 1. The third-order valence-electron chi connectivity index (χ3n) is 2.82. The largest absolute Gasteiger partial charge is 0.481 e. The van der Waals surface area contributed by atoms with Gasteiger partial charge in [-0.3, -0.25) is 4.79 Å². The summed E-state index contributed by atoms with van der Waals surface area (Å²) in [5, 5.41) is 9.88. The Morgan fingerprint density at radius 3 is 2.81 bits per heavy atom. The van der Waals surface area contributed by atoms with Crippen LogP contribution in [0, 0.1) is 0 Å². The van der Waals surface area contributed by atoms with Crippen molar-refractivity contribution in [3.05, 3.63) is 36.0 Å². The molecule has 3 nitrogen and oxygen atoms in total. The molecule has 0 atom stereocenters. The van der Waals surface area contributed by atoms with Crippen LogP contribution in [0.15, 0.2) is 30.5 Å². The van der Waals surface area contributed by atoms with Crippen molar-refractivity contribution in [2.75, 3.05) is 0 Å². The quantitative estimate of drug-likeness (QED) is 0.855. The second kappa shape index (κ2) is 4.39. The van der Waals surface area contributed by atoms with Crippen LogP contribution in [-0.4, -0.2) is 15.6 Å². The number of benzene rings is 1. The Kier molecular flexibility index (Phi) is 2.95. The first-order valence-electron chi connectivity index (χ1n) is 5.51. The minimum absolute atomic E-state index is 0.192. The van der Waals surface area contributed by atoms with Gasteiger partial charge in [-0.05, 0) is 25.0 Å². The van der Waals surface area contributed by atoms with Gasteiger partial charge in [0.1, 0.15) is 0 Å². The van der Waals surface area contributed by atoms with Gasteiger partial charge in [0.15, 0.2) is 0 Å². The number of aliphatic carboxylic acids is 1. The van der Waals surface area contributed by atoms with E-state index in [4.69, 9.17) is 5.11 Å². The number of carboxylic acid groups (broad SMARTS) is 1. The summed E-state index contributed by atoms with van der Waals surface area (Å²) >= 11 is 0. The molecule has 0 aliphatic carbocycles. The lowest BCUT2D eigenvalue weighted by molar-refractivity contribution is -0.136. The van der Waals surface area contributed by atoms with Crippen LogP contribution in [0.3, 0.4) is 0 Å². The number of hydrogen-bond acceptors (Lipinski definition) is 1. The Morgan fingerprint density at radius 2 is 2.12 bits per heavy atom. The van der Waals surface area contributed by atoms with Crippen molar-refractivity contribution in [1.82, 2.24) is 4.57 Å². The summed E-state index contributed by atoms with van der Waals surface area (Å²) < 4.78 is 2.16. The van der Waals surface area contributed by atoms with Crippen LogP contribution >= 0.6 is 0 Å². The van der Waals surface area contributed by atoms with Crippen molar-refractivity contribution < 1.29 is 9.90 Å². The zero-order chi connectivity index (χ0) is 11.5. The van der Waals surface area contributed by atoms with E-state index < -0.39 is 5.97 Å². The van der Waals surface area contributed by atoms with Gasteiger partial charge in [0, 0.05) is 30.1 Å². The van der Waals surface area contributed by atoms with E-state index in [1.807, 2.05) is 12.1 Å². The predicted octanol–water partition coefficient (Wildman–Crippen LogP) is 2.68. The van der Waals surface area contributed by atoms with E-state index in [-0.39, 0.29) is 6.42 Å². The summed E-state index contributed by atoms with van der Waals surface area (Å²) in [6, 6.07) is 8.13. The lowest BCUT2D eigenvalue weighted by Gasteiger charge is -1.98. The Bertz CT molecular complexity index is 514. The number of carboxylic acids is 1. The average Bonchev–Trinajstić information content (AvgIpc) is 2.65. The minimum Gasteiger partial charge on any atom is -0.481 e. The average molecular weight is 217 g/mol. The van der Waals surface area contributed by atoms with Crippen molar-refractivity contribution in [3.63, 3.8) is 0 Å². The number of aryl methyl sites for hydroxylation is 2. The summed E-state index contributed by atoms with van der Waals surface area (Å²) in [5.41, 5.74) is 2.31. The van der Waals surface area contributed by atoms with E-state index in [2.05, 4.69) is 29.8 Å². The zero-order valence-electron chi connectivity index (χ0n) is 9.31. The van der Waals surface area contributed by atoms with Gasteiger partial charge in [-0.25, -0.2) is 0 Å². The summed E-state index contributed by atoms with van der Waals surface area (Å²) in [6.07, 6.45) is 2.86. The molecular formula is C13H15NO2. The maximum atomic E-state index is 10.6. The highest BCUT2D eigenvalue weighted by Crippen LogP contribution is 2.22. The summed E-state index contributed by atoms with van der Waals surface area (Å²) in [7, 11) is 0. The Hall–Kier alpha value is -1.77. The highest BCUT2D eigenvalue weighted by atomic mass is 16.4. The normalized spacial score (nSPS) is 10.8. The molecule has 0 fully saturated rings. The van der Waals surface area contributed by atoms with Crippen LogP contribution in [-0.2, 0) is 17.8 Å². The van der Waals surface area contributed by atoms with E-state index in [1.54, 1.807) is 0 Å². The van der Waals surface area contributed by atoms with E-state index in [0.29, 0.717) is 6.42 Å². The lowest BCUT2D eigenvalue weighted by atomic mass is 10.1. The molecule has 1 N–H and O–H groups in total. The van der Waals surface area contributed by atoms with Crippen LogP contribution in [0.4, 0.5) is 0 Å². The van der Waals surface area contributed by atoms with Gasteiger partial charge in [-0.1, -0.05) is 18.2 Å². The van der Waals surface area contributed by atoms with Crippen molar-refractivity contribution >= 4 is 16.9 Å². The van der Waals surface area contributed by atoms with E-state index >= 15 is 0 Å². The Labute approximate surface area is 94.3 Å². The molecule has 0 amide bonds. The summed E-state index contributed by atoms with van der Waals surface area (Å²) in [6.45, 7) is 3.00. The van der Waals surface area contributed by atoms with Crippen LogP contribution in [0.1, 0.15) is 18.9 Å². The smallest absolute Gasteiger partial charge is 0.303 e. The van der Waals surface area contributed by atoms with Crippen molar-refractivity contribution in [1.29, 1.82) is 0 Å². The first-order valence-corrected chi connectivity index (χ1v) is 5.51. The summed E-state index contributed by atoms with van der Waals surface area (Å²) in [5.74, 6) is -0.742. The van der Waals surface area contributed by atoms with Crippen LogP contribution < -0.4 is 0 Å². The number of aromatic nitrogens is 1. The van der Waals surface area contributed by atoms with Gasteiger partial charge in [0.2, 0.25) is 0 Å². The monoisotopic (exact) mass is 217 g/mol. The molecule has 0 radical (unpaired) electrons. The van der Waals surface area contributed by atoms with Gasteiger partial charge in [-0.2, -0.15) is 0 Å². The van der Waals surface area contributed by atoms with Crippen LogP contribution in [0.2, 0.25) is 0 Å². The topological polar surface area (TPSA) is 42.2 Å². The molecule has 0 bridgehead atoms. The van der Waals surface area contributed by atoms with E-state index in [9.17, 15) is 4.79 Å². The molecule has 2 rings (SSSR count). The third-order valence-corrected chi connectivity index (χ3v) is 2.82. The predicted molar refractivity (Wildman–Crippen MR) is 63.6 cm³/mol. The first kappa shape index (κ1) is 10.7. The van der Waals surface area contributed by atoms with E-state index in [1.165, 1.54) is 10.9 Å². The molecule has 0 unspecified atom stereocenters. The number of hydrogen-bond donors (Lipinski definition) is 1. The van der Waals surface area contributed by atoms with Crippen molar-refractivity contribution in [2.24, 2.45) is 0 Å². The molecule has 1 aromatic heterocycles. The maximum Gasteiger partial charge on any atom is 0.303 e. The molecule has 0 saturated heterocycles. The molecule has 0 spiro atoms. The van der Waals surface area contributed by atoms with E-state index in [0.717, 1.165) is 12.1 Å². The molecule has 2 aromatic rings. The molecule has 1 aromatic carbocycles. The highest BCUT2D eigenvalue weighted by molar-refractivity contribution is 5.84. The van der Waals surface area contributed by atoms with Gasteiger partial charge >= 0.3 is 5.97 Å². The van der Waals surface area contributed by atoms with Crippen LogP contribution in [0.25, 0.3) is 10.9 Å². The second-order valence-corrected chi connectivity index (χ2v) is 3.85. The molecule has 3 heteroatoms. The number of rotatable bonds is 4. The molecule has 84 valence electrons.